The van der Waals surface area contributed by atoms with E-state index in [-0.39, 0.29) is 36.5 Å². The summed E-state index contributed by atoms with van der Waals surface area (Å²) >= 11 is 0. The van der Waals surface area contributed by atoms with Gasteiger partial charge in [-0.05, 0) is 48.4 Å². The monoisotopic (exact) mass is 539 g/mol. The number of guanidine groups is 1. The molecule has 0 bridgehead atoms. The number of hydrogen-bond acceptors (Lipinski definition) is 4. The van der Waals surface area contributed by atoms with Crippen LogP contribution in [0.5, 0.6) is 17.2 Å². The van der Waals surface area contributed by atoms with E-state index in [4.69, 9.17) is 19.9 Å². The van der Waals surface area contributed by atoms with Crippen molar-refractivity contribution >= 4 is 29.9 Å². The largest absolute Gasteiger partial charge is 0.493 e. The van der Waals surface area contributed by atoms with Crippen molar-refractivity contribution in [1.29, 1.82) is 0 Å². The quantitative estimate of drug-likeness (QED) is 0.219. The summed E-state index contributed by atoms with van der Waals surface area (Å²) in [6, 6.07) is 10.2. The third-order valence-corrected chi connectivity index (χ3v) is 3.99. The Bertz CT molecular complexity index is 815. The minimum Gasteiger partial charge on any atom is -0.493 e. The number of nitrogens with one attached hydrogen (secondary N) is 1. The molecule has 0 fully saturated rings. The number of alkyl halides is 3. The molecule has 0 saturated heterocycles. The van der Waals surface area contributed by atoms with Crippen molar-refractivity contribution in [3.63, 3.8) is 0 Å². The first-order valence-corrected chi connectivity index (χ1v) is 8.88. The van der Waals surface area contributed by atoms with Crippen molar-refractivity contribution in [3.05, 3.63) is 53.6 Å². The van der Waals surface area contributed by atoms with Gasteiger partial charge in [0.1, 0.15) is 12.4 Å². The molecule has 10 heteroatoms. The zero-order valence-electron chi connectivity index (χ0n) is 16.7. The number of methoxy groups -OCH3 is 2. The van der Waals surface area contributed by atoms with E-state index in [1.54, 1.807) is 14.2 Å². The van der Waals surface area contributed by atoms with Gasteiger partial charge in [-0.1, -0.05) is 6.07 Å². The average Bonchev–Trinajstić information content (AvgIpc) is 2.70. The van der Waals surface area contributed by atoms with Gasteiger partial charge in [-0.25, -0.2) is 0 Å². The molecular formula is C20H25F3IN3O3. The lowest BCUT2D eigenvalue weighted by atomic mass is 10.1. The summed E-state index contributed by atoms with van der Waals surface area (Å²) in [6.07, 6.45) is -3.69. The maximum Gasteiger partial charge on any atom is 0.416 e. The number of halogens is 4. The van der Waals surface area contributed by atoms with E-state index in [2.05, 4.69) is 10.3 Å². The van der Waals surface area contributed by atoms with Gasteiger partial charge in [-0.15, -0.1) is 24.0 Å². The number of hydrogen-bond donors (Lipinski definition) is 2. The Balaban J connectivity index is 0.00000450. The van der Waals surface area contributed by atoms with Crippen LogP contribution in [0.3, 0.4) is 0 Å². The van der Waals surface area contributed by atoms with E-state index < -0.39 is 11.7 Å². The topological polar surface area (TPSA) is 78.1 Å². The van der Waals surface area contributed by atoms with Gasteiger partial charge in [0.2, 0.25) is 0 Å². The highest BCUT2D eigenvalue weighted by atomic mass is 127. The van der Waals surface area contributed by atoms with Crippen molar-refractivity contribution in [3.8, 4) is 17.2 Å². The van der Waals surface area contributed by atoms with Crippen molar-refractivity contribution in [1.82, 2.24) is 5.32 Å². The van der Waals surface area contributed by atoms with E-state index >= 15 is 0 Å². The van der Waals surface area contributed by atoms with Gasteiger partial charge in [0.05, 0.1) is 26.3 Å². The second-order valence-electron chi connectivity index (χ2n) is 6.00. The second-order valence-corrected chi connectivity index (χ2v) is 6.00. The first-order valence-electron chi connectivity index (χ1n) is 8.88. The van der Waals surface area contributed by atoms with E-state index in [0.29, 0.717) is 36.8 Å². The van der Waals surface area contributed by atoms with Gasteiger partial charge in [0.15, 0.2) is 17.5 Å². The van der Waals surface area contributed by atoms with Crippen molar-refractivity contribution in [2.45, 2.75) is 12.6 Å². The molecule has 0 atom stereocenters. The lowest BCUT2D eigenvalue weighted by molar-refractivity contribution is -0.137. The molecule has 0 aromatic heterocycles. The summed E-state index contributed by atoms with van der Waals surface area (Å²) in [5.74, 6) is 1.93. The smallest absolute Gasteiger partial charge is 0.416 e. The zero-order chi connectivity index (χ0) is 21.3. The molecule has 2 aromatic rings. The molecule has 2 aromatic carbocycles. The second kappa shape index (κ2) is 12.4. The SMILES string of the molecule is COc1ccc(CCN=C(N)NCCOc2ccc(C(F)(F)F)cc2)cc1OC.I. The average molecular weight is 539 g/mol. The molecular weight excluding hydrogens is 514 g/mol. The predicted molar refractivity (Wildman–Crippen MR) is 120 cm³/mol. The summed E-state index contributed by atoms with van der Waals surface area (Å²) < 4.78 is 53.4. The van der Waals surface area contributed by atoms with Crippen LogP contribution < -0.4 is 25.3 Å². The minimum atomic E-state index is -4.36. The van der Waals surface area contributed by atoms with Crippen LogP contribution in [0.2, 0.25) is 0 Å². The molecule has 6 nitrogen and oxygen atoms in total. The predicted octanol–water partition coefficient (Wildman–Crippen LogP) is 3.87. The van der Waals surface area contributed by atoms with Crippen LogP contribution in [-0.2, 0) is 12.6 Å². The van der Waals surface area contributed by atoms with Gasteiger partial charge < -0.3 is 25.3 Å². The van der Waals surface area contributed by atoms with Crippen LogP contribution in [0.25, 0.3) is 0 Å². The molecule has 0 aliphatic heterocycles. The highest BCUT2D eigenvalue weighted by molar-refractivity contribution is 14.0. The molecule has 0 aliphatic rings. The summed E-state index contributed by atoms with van der Waals surface area (Å²) in [4.78, 5) is 4.23. The molecule has 0 aliphatic carbocycles. The number of benzene rings is 2. The fraction of sp³-hybridized carbons (Fsp3) is 0.350. The van der Waals surface area contributed by atoms with Crippen LogP contribution >= 0.6 is 24.0 Å². The number of rotatable bonds is 9. The van der Waals surface area contributed by atoms with E-state index in [9.17, 15) is 13.2 Å². The third kappa shape index (κ3) is 8.17. The molecule has 30 heavy (non-hydrogen) atoms. The van der Waals surface area contributed by atoms with E-state index in [1.165, 1.54) is 12.1 Å². The first kappa shape index (κ1) is 25.7. The third-order valence-electron chi connectivity index (χ3n) is 3.99. The van der Waals surface area contributed by atoms with Crippen molar-refractivity contribution in [2.24, 2.45) is 10.7 Å². The lowest BCUT2D eigenvalue weighted by Gasteiger charge is -2.10. The molecule has 0 spiro atoms. The number of ether oxygens (including phenoxy) is 3. The van der Waals surface area contributed by atoms with Crippen molar-refractivity contribution in [2.75, 3.05) is 33.9 Å². The molecule has 0 saturated carbocycles. The molecule has 0 amide bonds. The van der Waals surface area contributed by atoms with Crippen LogP contribution in [0.15, 0.2) is 47.5 Å². The standard InChI is InChI=1S/C20H24F3N3O3.HI/c1-27-17-8-3-14(13-18(17)28-2)9-10-25-19(24)26-11-12-29-16-6-4-15(5-7-16)20(21,22)23;/h3-8,13H,9-12H2,1-2H3,(H3,24,25,26);1H. The number of nitrogens with zero attached hydrogens (tertiary/aromatic N) is 1. The first-order chi connectivity index (χ1) is 13.8. The molecule has 166 valence electrons. The normalized spacial score (nSPS) is 11.4. The maximum atomic E-state index is 12.5. The Morgan fingerprint density at radius 3 is 2.30 bits per heavy atom. The Labute approximate surface area is 190 Å². The lowest BCUT2D eigenvalue weighted by Crippen LogP contribution is -2.35. The highest BCUT2D eigenvalue weighted by Gasteiger charge is 2.29. The van der Waals surface area contributed by atoms with Gasteiger partial charge in [-0.3, -0.25) is 4.99 Å². The Hall–Kier alpha value is -2.37. The number of aliphatic imine (C=N–C) groups is 1. The van der Waals surface area contributed by atoms with Crippen LogP contribution in [0.1, 0.15) is 11.1 Å². The van der Waals surface area contributed by atoms with Crippen LogP contribution in [0.4, 0.5) is 13.2 Å². The van der Waals surface area contributed by atoms with Crippen molar-refractivity contribution < 1.29 is 27.4 Å². The van der Waals surface area contributed by atoms with Gasteiger partial charge in [-0.2, -0.15) is 13.2 Å². The zero-order valence-corrected chi connectivity index (χ0v) is 19.0. The summed E-state index contributed by atoms with van der Waals surface area (Å²) in [6.45, 7) is 1.08. The molecule has 3 N–H and O–H groups in total. The van der Waals surface area contributed by atoms with Gasteiger partial charge in [0, 0.05) is 6.54 Å². The summed E-state index contributed by atoms with van der Waals surface area (Å²) in [7, 11) is 3.16. The Morgan fingerprint density at radius 1 is 1.03 bits per heavy atom. The van der Waals surface area contributed by atoms with E-state index in [0.717, 1.165) is 17.7 Å². The van der Waals surface area contributed by atoms with Gasteiger partial charge >= 0.3 is 6.18 Å². The maximum absolute atomic E-state index is 12.5. The Morgan fingerprint density at radius 2 is 1.70 bits per heavy atom. The number of nitrogens with two attached hydrogens (primary N) is 1. The van der Waals surface area contributed by atoms with E-state index in [1.807, 2.05) is 18.2 Å². The fourth-order valence-corrected chi connectivity index (χ4v) is 2.49. The van der Waals surface area contributed by atoms with Gasteiger partial charge in [0.25, 0.3) is 0 Å². The fourth-order valence-electron chi connectivity index (χ4n) is 2.49. The summed E-state index contributed by atoms with van der Waals surface area (Å²) in [5.41, 5.74) is 6.12. The molecule has 0 heterocycles. The Kier molecular flexibility index (Phi) is 10.6. The molecule has 2 rings (SSSR count). The minimum absolute atomic E-state index is 0. The van der Waals surface area contributed by atoms with Crippen LogP contribution in [0, 0.1) is 0 Å². The summed E-state index contributed by atoms with van der Waals surface area (Å²) in [5, 5.41) is 2.89. The highest BCUT2D eigenvalue weighted by Crippen LogP contribution is 2.30. The molecule has 0 unspecified atom stereocenters. The van der Waals surface area contributed by atoms with Crippen LogP contribution in [-0.4, -0.2) is 39.9 Å². The molecule has 0 radical (unpaired) electrons.